The first-order valence-corrected chi connectivity index (χ1v) is 18.7. The maximum Gasteiger partial charge on any atom is 0.262 e. The lowest BCUT2D eigenvalue weighted by atomic mass is 10.0. The molecule has 0 spiro atoms. The number of pyridine rings is 1. The van der Waals surface area contributed by atoms with E-state index >= 15 is 0 Å². The number of piperidine rings is 1. The van der Waals surface area contributed by atoms with E-state index in [2.05, 4.69) is 25.4 Å². The summed E-state index contributed by atoms with van der Waals surface area (Å²) in [6.07, 6.45) is 3.76. The molecule has 0 saturated carbocycles. The average molecular weight is 757 g/mol. The van der Waals surface area contributed by atoms with E-state index < -0.39 is 29.7 Å². The number of aromatic nitrogens is 4. The van der Waals surface area contributed by atoms with Gasteiger partial charge in [-0.05, 0) is 79.4 Å². The predicted molar refractivity (Wildman–Crippen MR) is 202 cm³/mol. The second-order valence-corrected chi connectivity index (χ2v) is 14.4. The third-order valence-corrected chi connectivity index (χ3v) is 10.9. The minimum absolute atomic E-state index is 0.0328. The maximum atomic E-state index is 14.1. The largest absolute Gasteiger partial charge is 0.354 e. The van der Waals surface area contributed by atoms with Gasteiger partial charge in [0, 0.05) is 44.8 Å². The predicted octanol–water partition coefficient (Wildman–Crippen LogP) is 3.43. The summed E-state index contributed by atoms with van der Waals surface area (Å²) in [4.78, 5) is 80.2. The van der Waals surface area contributed by atoms with Gasteiger partial charge in [-0.1, -0.05) is 18.2 Å². The molecule has 15 nitrogen and oxygen atoms in total. The van der Waals surface area contributed by atoms with Crippen LogP contribution in [-0.2, 0) is 14.4 Å². The normalized spacial score (nSPS) is 20.2. The molecule has 0 radical (unpaired) electrons. The fourth-order valence-corrected chi connectivity index (χ4v) is 8.12. The summed E-state index contributed by atoms with van der Waals surface area (Å²) in [6, 6.07) is 20.0. The molecule has 16 heteroatoms. The third-order valence-electron chi connectivity index (χ3n) is 10.9. The van der Waals surface area contributed by atoms with Gasteiger partial charge in [-0.2, -0.15) is 0 Å². The van der Waals surface area contributed by atoms with Crippen LogP contribution in [0, 0.1) is 5.82 Å². The molecule has 4 aliphatic rings. The number of hydrogen-bond acceptors (Lipinski definition) is 11. The molecule has 3 fully saturated rings. The number of amides is 5. The van der Waals surface area contributed by atoms with Crippen molar-refractivity contribution in [3.63, 3.8) is 0 Å². The standard InChI is InChI=1S/C40H37FN10O5/c41-25-5-1-4-24(20-25)30-7-3-15-49(30)35-13-12-33-42-22-32(51(33)46-35)29-6-2-8-34(44-29)48-18-16-47(17-19-48)23-37(53)43-26-9-10-27-28(21-26)40(56)50(39(27)55)31-11-14-36(52)45-38(31)54/h1-2,4-6,8-10,12-13,20-22,30-31H,3,7,11,14-19,23H2,(H,43,53)(H,45,52,54). The van der Waals surface area contributed by atoms with Crippen LogP contribution in [0.1, 0.15) is 58.0 Å². The summed E-state index contributed by atoms with van der Waals surface area (Å²) in [5.41, 5.74) is 3.71. The number of halogens is 1. The van der Waals surface area contributed by atoms with Crippen molar-refractivity contribution in [1.29, 1.82) is 0 Å². The highest BCUT2D eigenvalue weighted by atomic mass is 19.1. The highest BCUT2D eigenvalue weighted by Crippen LogP contribution is 2.36. The lowest BCUT2D eigenvalue weighted by molar-refractivity contribution is -0.136. The fraction of sp³-hybridized carbons (Fsp3) is 0.300. The Labute approximate surface area is 320 Å². The molecule has 0 bridgehead atoms. The molecular weight excluding hydrogens is 720 g/mol. The molecule has 7 heterocycles. The number of piperazine rings is 1. The molecule has 3 saturated heterocycles. The van der Waals surface area contributed by atoms with Gasteiger partial charge < -0.3 is 15.1 Å². The Balaban J connectivity index is 0.829. The van der Waals surface area contributed by atoms with E-state index in [1.807, 2.05) is 45.8 Å². The Kier molecular flexibility index (Phi) is 8.96. The molecule has 56 heavy (non-hydrogen) atoms. The number of nitrogens with one attached hydrogen (secondary N) is 2. The van der Waals surface area contributed by atoms with Gasteiger partial charge in [-0.25, -0.2) is 18.9 Å². The third kappa shape index (κ3) is 6.51. The first-order valence-electron chi connectivity index (χ1n) is 18.7. The quantitative estimate of drug-likeness (QED) is 0.223. The minimum atomic E-state index is -1.06. The molecule has 9 rings (SSSR count). The molecule has 0 aliphatic carbocycles. The number of hydrogen-bond donors (Lipinski definition) is 2. The van der Waals surface area contributed by atoms with Crippen LogP contribution >= 0.6 is 0 Å². The molecule has 2 N–H and O–H groups in total. The number of carbonyl (C=O) groups is 5. The Morgan fingerprint density at radius 3 is 2.48 bits per heavy atom. The molecule has 2 unspecified atom stereocenters. The van der Waals surface area contributed by atoms with Crippen LogP contribution in [0.15, 0.2) is 79.0 Å². The molecule has 2 atom stereocenters. The number of imide groups is 2. The Bertz CT molecular complexity index is 2430. The topological polar surface area (TPSA) is 165 Å². The van der Waals surface area contributed by atoms with Crippen LogP contribution in [0.2, 0.25) is 0 Å². The zero-order valence-corrected chi connectivity index (χ0v) is 30.2. The molecular formula is C40H37FN10O5. The van der Waals surface area contributed by atoms with E-state index in [0.717, 1.165) is 52.9 Å². The van der Waals surface area contributed by atoms with E-state index in [0.29, 0.717) is 37.5 Å². The minimum Gasteiger partial charge on any atom is -0.354 e. The fourth-order valence-electron chi connectivity index (χ4n) is 8.12. The lowest BCUT2D eigenvalue weighted by Gasteiger charge is -2.35. The number of benzene rings is 2. The van der Waals surface area contributed by atoms with Crippen LogP contribution in [0.5, 0.6) is 0 Å². The summed E-state index contributed by atoms with van der Waals surface area (Å²) in [5, 5.41) is 10.0. The van der Waals surface area contributed by atoms with Gasteiger partial charge in [0.05, 0.1) is 35.6 Å². The summed E-state index contributed by atoms with van der Waals surface area (Å²) in [6.45, 7) is 3.44. The number of carbonyl (C=O) groups excluding carboxylic acids is 5. The van der Waals surface area contributed by atoms with Crippen LogP contribution in [0.25, 0.3) is 17.0 Å². The lowest BCUT2D eigenvalue weighted by Crippen LogP contribution is -2.54. The van der Waals surface area contributed by atoms with Gasteiger partial charge in [0.2, 0.25) is 17.7 Å². The van der Waals surface area contributed by atoms with Crippen molar-refractivity contribution < 1.29 is 28.4 Å². The van der Waals surface area contributed by atoms with Crippen LogP contribution in [0.3, 0.4) is 0 Å². The van der Waals surface area contributed by atoms with Crippen molar-refractivity contribution >= 4 is 52.5 Å². The van der Waals surface area contributed by atoms with Gasteiger partial charge in [-0.3, -0.25) is 39.1 Å². The van der Waals surface area contributed by atoms with Crippen molar-refractivity contribution in [1.82, 2.24) is 34.7 Å². The maximum absolute atomic E-state index is 14.1. The van der Waals surface area contributed by atoms with Gasteiger partial charge in [-0.15, -0.1) is 5.10 Å². The Morgan fingerprint density at radius 2 is 1.66 bits per heavy atom. The smallest absolute Gasteiger partial charge is 0.262 e. The second kappa shape index (κ2) is 14.3. The first-order chi connectivity index (χ1) is 27.2. The van der Waals surface area contributed by atoms with Crippen molar-refractivity contribution in [2.24, 2.45) is 0 Å². The van der Waals surface area contributed by atoms with E-state index in [9.17, 15) is 28.4 Å². The van der Waals surface area contributed by atoms with Crippen LogP contribution < -0.4 is 20.4 Å². The van der Waals surface area contributed by atoms with Gasteiger partial charge in [0.15, 0.2) is 5.65 Å². The molecule has 3 aromatic heterocycles. The summed E-state index contributed by atoms with van der Waals surface area (Å²) in [7, 11) is 0. The van der Waals surface area contributed by atoms with Crippen molar-refractivity contribution in [2.45, 2.75) is 37.8 Å². The Morgan fingerprint density at radius 1 is 0.839 bits per heavy atom. The van der Waals surface area contributed by atoms with E-state index in [1.165, 1.54) is 18.2 Å². The molecule has 5 amide bonds. The number of imidazole rings is 1. The summed E-state index contributed by atoms with van der Waals surface area (Å²) in [5.74, 6) is -1.29. The monoisotopic (exact) mass is 756 g/mol. The SMILES string of the molecule is O=C1CCC(N2C(=O)c3ccc(NC(=O)CN4CCN(c5cccc(-c6cnc7ccc(N8CCCC8c8cccc(F)c8)nn67)n5)CC4)cc3C2=O)C(=O)N1. The van der Waals surface area contributed by atoms with Crippen molar-refractivity contribution in [3.8, 4) is 11.4 Å². The van der Waals surface area contributed by atoms with Crippen LogP contribution in [0.4, 0.5) is 21.7 Å². The van der Waals surface area contributed by atoms with E-state index in [4.69, 9.17) is 10.1 Å². The van der Waals surface area contributed by atoms with E-state index in [-0.39, 0.29) is 48.3 Å². The number of anilines is 3. The van der Waals surface area contributed by atoms with Crippen LogP contribution in [-0.4, -0.2) is 104 Å². The van der Waals surface area contributed by atoms with Gasteiger partial charge >= 0.3 is 0 Å². The Hall–Kier alpha value is -6.55. The van der Waals surface area contributed by atoms with E-state index in [1.54, 1.807) is 24.4 Å². The number of fused-ring (bicyclic) bond motifs is 2. The highest BCUT2D eigenvalue weighted by Gasteiger charge is 2.44. The molecule has 4 aliphatic heterocycles. The van der Waals surface area contributed by atoms with Crippen molar-refractivity contribution in [3.05, 3.63) is 102 Å². The summed E-state index contributed by atoms with van der Waals surface area (Å²) < 4.78 is 15.9. The average Bonchev–Trinajstić information content (AvgIpc) is 3.92. The van der Waals surface area contributed by atoms with Gasteiger partial charge in [0.1, 0.15) is 29.2 Å². The van der Waals surface area contributed by atoms with Gasteiger partial charge in [0.25, 0.3) is 11.8 Å². The number of rotatable bonds is 8. The summed E-state index contributed by atoms with van der Waals surface area (Å²) >= 11 is 0. The highest BCUT2D eigenvalue weighted by molar-refractivity contribution is 6.24. The zero-order valence-electron chi connectivity index (χ0n) is 30.2. The molecule has 2 aromatic carbocycles. The molecule has 284 valence electrons. The zero-order chi connectivity index (χ0) is 38.5. The first kappa shape index (κ1) is 35.2. The van der Waals surface area contributed by atoms with Crippen molar-refractivity contribution in [2.75, 3.05) is 54.4 Å². The second-order valence-electron chi connectivity index (χ2n) is 14.4. The number of nitrogens with zero attached hydrogens (tertiary/aromatic N) is 8. The molecule has 5 aromatic rings.